The molecule has 0 saturated carbocycles. The van der Waals surface area contributed by atoms with Crippen molar-refractivity contribution in [2.45, 2.75) is 6.92 Å². The Morgan fingerprint density at radius 1 is 1.33 bits per heavy atom. The molecule has 0 saturated heterocycles. The van der Waals surface area contributed by atoms with Gasteiger partial charge in [0.2, 0.25) is 10.0 Å². The molecule has 0 aliphatic rings. The highest BCUT2D eigenvalue weighted by molar-refractivity contribution is 7.89. The summed E-state index contributed by atoms with van der Waals surface area (Å²) in [5, 5.41) is 2.57. The van der Waals surface area contributed by atoms with Crippen molar-refractivity contribution in [2.24, 2.45) is 5.73 Å². The van der Waals surface area contributed by atoms with Crippen LogP contribution in [0.25, 0.3) is 0 Å². The maximum Gasteiger partial charge on any atom is 0.251 e. The molecule has 21 heavy (non-hydrogen) atoms. The summed E-state index contributed by atoms with van der Waals surface area (Å²) in [4.78, 5) is 12.0. The molecule has 114 valence electrons. The van der Waals surface area contributed by atoms with Crippen molar-refractivity contribution in [3.05, 3.63) is 34.9 Å². The molecule has 1 aromatic carbocycles. The number of rotatable bonds is 5. The molecule has 0 fully saturated rings. The van der Waals surface area contributed by atoms with Gasteiger partial charge in [-0.3, -0.25) is 4.79 Å². The van der Waals surface area contributed by atoms with Crippen LogP contribution >= 0.6 is 0 Å². The van der Waals surface area contributed by atoms with Crippen molar-refractivity contribution in [1.29, 1.82) is 0 Å². The molecule has 1 aromatic rings. The van der Waals surface area contributed by atoms with Gasteiger partial charge in [-0.25, -0.2) is 13.1 Å². The number of nitrogens with two attached hydrogens (primary N) is 1. The van der Waals surface area contributed by atoms with Crippen molar-refractivity contribution >= 4 is 15.9 Å². The highest BCUT2D eigenvalue weighted by atomic mass is 32.2. The topological polar surface area (TPSA) is 101 Å². The van der Waals surface area contributed by atoms with Gasteiger partial charge in [0.15, 0.2) is 0 Å². The predicted octanol–water partition coefficient (Wildman–Crippen LogP) is -0.416. The fourth-order valence-electron chi connectivity index (χ4n) is 1.64. The molecule has 0 atom stereocenters. The summed E-state index contributed by atoms with van der Waals surface area (Å²) in [7, 11) is -1.99. The summed E-state index contributed by atoms with van der Waals surface area (Å²) >= 11 is 0. The van der Waals surface area contributed by atoms with Gasteiger partial charge in [-0.2, -0.15) is 0 Å². The Morgan fingerprint density at radius 3 is 2.67 bits per heavy atom. The Bertz CT molecular complexity index is 672. The summed E-state index contributed by atoms with van der Waals surface area (Å²) in [5.41, 5.74) is 7.36. The Morgan fingerprint density at radius 2 is 2.05 bits per heavy atom. The van der Waals surface area contributed by atoms with E-state index in [-0.39, 0.29) is 24.7 Å². The molecule has 0 radical (unpaired) electrons. The van der Waals surface area contributed by atoms with Gasteiger partial charge < -0.3 is 11.1 Å². The standard InChI is InChI=1S/C14H19N3O3S/c1-11-8-12(4-3-5-15)10-13(9-11)14(18)17-6-7-21(19,20)16-2/h8-10,16H,5-7,15H2,1-2H3,(H,17,18). The number of carbonyl (C=O) groups is 1. The van der Waals surface area contributed by atoms with Gasteiger partial charge in [0.05, 0.1) is 12.3 Å². The number of benzene rings is 1. The smallest absolute Gasteiger partial charge is 0.251 e. The van der Waals surface area contributed by atoms with E-state index in [2.05, 4.69) is 21.9 Å². The van der Waals surface area contributed by atoms with Crippen LogP contribution in [0.4, 0.5) is 0 Å². The van der Waals surface area contributed by atoms with Crippen LogP contribution < -0.4 is 15.8 Å². The van der Waals surface area contributed by atoms with Crippen LogP contribution in [0, 0.1) is 18.8 Å². The molecule has 0 aliphatic heterocycles. The zero-order valence-corrected chi connectivity index (χ0v) is 12.9. The van der Waals surface area contributed by atoms with Crippen molar-refractivity contribution in [1.82, 2.24) is 10.0 Å². The Balaban J connectivity index is 2.76. The van der Waals surface area contributed by atoms with Crippen molar-refractivity contribution in [3.8, 4) is 11.8 Å². The van der Waals surface area contributed by atoms with Crippen LogP contribution in [-0.4, -0.2) is 40.2 Å². The van der Waals surface area contributed by atoms with Crippen molar-refractivity contribution in [3.63, 3.8) is 0 Å². The summed E-state index contributed by atoms with van der Waals surface area (Å²) in [5.74, 6) is 5.10. The molecule has 0 aliphatic carbocycles. The Hall–Kier alpha value is -1.88. The lowest BCUT2D eigenvalue weighted by Gasteiger charge is -2.07. The molecule has 7 heteroatoms. The van der Waals surface area contributed by atoms with Gasteiger partial charge in [0, 0.05) is 17.7 Å². The second kappa shape index (κ2) is 7.78. The SMILES string of the molecule is CNS(=O)(=O)CCNC(=O)c1cc(C)cc(C#CCN)c1. The van der Waals surface area contributed by atoms with E-state index < -0.39 is 10.0 Å². The normalized spacial score (nSPS) is 10.6. The molecular formula is C14H19N3O3S. The number of aryl methyl sites for hydroxylation is 1. The lowest BCUT2D eigenvalue weighted by molar-refractivity contribution is 0.0956. The van der Waals surface area contributed by atoms with Crippen LogP contribution in [0.2, 0.25) is 0 Å². The first kappa shape index (κ1) is 17.2. The number of hydrogen-bond acceptors (Lipinski definition) is 4. The minimum Gasteiger partial charge on any atom is -0.351 e. The summed E-state index contributed by atoms with van der Waals surface area (Å²) in [6, 6.07) is 5.22. The van der Waals surface area contributed by atoms with Crippen LogP contribution in [0.3, 0.4) is 0 Å². The predicted molar refractivity (Wildman–Crippen MR) is 82.3 cm³/mol. The van der Waals surface area contributed by atoms with Crippen LogP contribution in [0.1, 0.15) is 21.5 Å². The Labute approximate surface area is 125 Å². The molecule has 0 bridgehead atoms. The first-order valence-corrected chi connectivity index (χ1v) is 8.03. The van der Waals surface area contributed by atoms with E-state index in [4.69, 9.17) is 5.73 Å². The zero-order valence-electron chi connectivity index (χ0n) is 12.1. The fourth-order valence-corrected chi connectivity index (χ4v) is 2.22. The fraction of sp³-hybridized carbons (Fsp3) is 0.357. The monoisotopic (exact) mass is 309 g/mol. The van der Waals surface area contributed by atoms with E-state index in [1.165, 1.54) is 7.05 Å². The third-order valence-electron chi connectivity index (χ3n) is 2.64. The van der Waals surface area contributed by atoms with Crippen LogP contribution in [-0.2, 0) is 10.0 Å². The van der Waals surface area contributed by atoms with Crippen molar-refractivity contribution in [2.75, 3.05) is 25.9 Å². The largest absolute Gasteiger partial charge is 0.351 e. The summed E-state index contributed by atoms with van der Waals surface area (Å²) in [6.45, 7) is 2.15. The lowest BCUT2D eigenvalue weighted by Crippen LogP contribution is -2.33. The van der Waals surface area contributed by atoms with Gasteiger partial charge >= 0.3 is 0 Å². The maximum absolute atomic E-state index is 12.0. The minimum absolute atomic E-state index is 0.0414. The van der Waals surface area contributed by atoms with E-state index in [0.29, 0.717) is 11.1 Å². The summed E-state index contributed by atoms with van der Waals surface area (Å²) in [6.07, 6.45) is 0. The van der Waals surface area contributed by atoms with Gasteiger partial charge in [-0.1, -0.05) is 11.8 Å². The molecule has 4 N–H and O–H groups in total. The molecule has 0 unspecified atom stereocenters. The summed E-state index contributed by atoms with van der Waals surface area (Å²) < 4.78 is 24.7. The molecule has 1 amide bonds. The molecule has 0 heterocycles. The van der Waals surface area contributed by atoms with E-state index >= 15 is 0 Å². The number of nitrogens with one attached hydrogen (secondary N) is 2. The quantitative estimate of drug-likeness (QED) is 0.643. The van der Waals surface area contributed by atoms with E-state index in [1.807, 2.05) is 13.0 Å². The average Bonchev–Trinajstić information content (AvgIpc) is 2.44. The average molecular weight is 309 g/mol. The molecule has 1 rings (SSSR count). The molecule has 0 spiro atoms. The lowest BCUT2D eigenvalue weighted by atomic mass is 10.1. The number of carbonyl (C=O) groups excluding carboxylic acids is 1. The zero-order chi connectivity index (χ0) is 15.9. The number of hydrogen-bond donors (Lipinski definition) is 3. The van der Waals surface area contributed by atoms with E-state index in [9.17, 15) is 13.2 Å². The highest BCUT2D eigenvalue weighted by Crippen LogP contribution is 2.09. The van der Waals surface area contributed by atoms with Gasteiger partial charge in [-0.05, 0) is 37.7 Å². The van der Waals surface area contributed by atoms with Gasteiger partial charge in [0.25, 0.3) is 5.91 Å². The molecule has 0 aromatic heterocycles. The number of amides is 1. The van der Waals surface area contributed by atoms with Crippen LogP contribution in [0.15, 0.2) is 18.2 Å². The second-order valence-corrected chi connectivity index (χ2v) is 6.42. The van der Waals surface area contributed by atoms with E-state index in [0.717, 1.165) is 5.56 Å². The highest BCUT2D eigenvalue weighted by Gasteiger charge is 2.10. The van der Waals surface area contributed by atoms with Crippen molar-refractivity contribution < 1.29 is 13.2 Å². The third kappa shape index (κ3) is 5.95. The van der Waals surface area contributed by atoms with E-state index in [1.54, 1.807) is 12.1 Å². The molecule has 6 nitrogen and oxygen atoms in total. The third-order valence-corrected chi connectivity index (χ3v) is 4.01. The minimum atomic E-state index is -3.33. The second-order valence-electron chi connectivity index (χ2n) is 4.37. The maximum atomic E-state index is 12.0. The van der Waals surface area contributed by atoms with Crippen LogP contribution in [0.5, 0.6) is 0 Å². The van der Waals surface area contributed by atoms with Gasteiger partial charge in [0.1, 0.15) is 0 Å². The number of sulfonamides is 1. The Kier molecular flexibility index (Phi) is 6.37. The van der Waals surface area contributed by atoms with Gasteiger partial charge in [-0.15, -0.1) is 0 Å². The molecular weight excluding hydrogens is 290 g/mol. The first-order valence-electron chi connectivity index (χ1n) is 6.38. The first-order chi connectivity index (χ1) is 9.88.